The molecule has 0 unspecified atom stereocenters. The molecule has 0 spiro atoms. The maximum atomic E-state index is 12.4. The van der Waals surface area contributed by atoms with Crippen molar-refractivity contribution in [2.45, 2.75) is 0 Å². The molecule has 2 aromatic rings. The molecule has 1 aromatic heterocycles. The van der Waals surface area contributed by atoms with Gasteiger partial charge >= 0.3 is 0 Å². The molecule has 6 heteroatoms. The Bertz CT molecular complexity index is 667. The molecular weight excluding hydrogens is 302 g/mol. The molecule has 0 aliphatic heterocycles. The van der Waals surface area contributed by atoms with Crippen LogP contribution in [0.25, 0.3) is 0 Å². The summed E-state index contributed by atoms with van der Waals surface area (Å²) in [6, 6.07) is 11.2. The van der Waals surface area contributed by atoms with Crippen LogP contribution in [0.5, 0.6) is 0 Å². The van der Waals surface area contributed by atoms with Crippen LogP contribution in [0.4, 0.5) is 17.2 Å². The number of hydrogen-bond donors (Lipinski definition) is 2. The molecule has 2 N–H and O–H groups in total. The maximum Gasteiger partial charge on any atom is 0.255 e. The van der Waals surface area contributed by atoms with Gasteiger partial charge in [0.25, 0.3) is 5.91 Å². The Labute approximate surface area is 143 Å². The molecule has 0 atom stereocenters. The average molecular weight is 327 g/mol. The van der Waals surface area contributed by atoms with E-state index in [4.69, 9.17) is 0 Å². The second-order valence-corrected chi connectivity index (χ2v) is 6.06. The van der Waals surface area contributed by atoms with Gasteiger partial charge in [0, 0.05) is 50.3 Å². The fourth-order valence-electron chi connectivity index (χ4n) is 2.12. The summed E-state index contributed by atoms with van der Waals surface area (Å²) in [4.78, 5) is 20.7. The van der Waals surface area contributed by atoms with Crippen LogP contribution in [0, 0.1) is 0 Å². The van der Waals surface area contributed by atoms with Crippen LogP contribution in [-0.2, 0) is 0 Å². The summed E-state index contributed by atoms with van der Waals surface area (Å²) >= 11 is 0. The van der Waals surface area contributed by atoms with Crippen molar-refractivity contribution in [2.24, 2.45) is 0 Å². The lowest BCUT2D eigenvalue weighted by Crippen LogP contribution is -2.21. The molecule has 0 aliphatic rings. The van der Waals surface area contributed by atoms with Gasteiger partial charge < -0.3 is 20.4 Å². The van der Waals surface area contributed by atoms with Crippen LogP contribution in [-0.4, -0.2) is 57.1 Å². The highest BCUT2D eigenvalue weighted by Crippen LogP contribution is 2.17. The summed E-state index contributed by atoms with van der Waals surface area (Å²) in [6.07, 6.45) is 1.64. The summed E-state index contributed by atoms with van der Waals surface area (Å²) in [7, 11) is 7.99. The van der Waals surface area contributed by atoms with Crippen LogP contribution >= 0.6 is 0 Å². The number of anilines is 3. The van der Waals surface area contributed by atoms with E-state index in [2.05, 4.69) is 20.5 Å². The number of carbonyl (C=O) groups is 1. The molecule has 128 valence electrons. The first-order chi connectivity index (χ1) is 11.5. The Balaban J connectivity index is 1.99. The third kappa shape index (κ3) is 5.24. The van der Waals surface area contributed by atoms with Crippen molar-refractivity contribution in [3.63, 3.8) is 0 Å². The summed E-state index contributed by atoms with van der Waals surface area (Å²) in [5.41, 5.74) is 2.43. The summed E-state index contributed by atoms with van der Waals surface area (Å²) in [6.45, 7) is 1.67. The third-order valence-electron chi connectivity index (χ3n) is 3.53. The van der Waals surface area contributed by atoms with E-state index in [0.29, 0.717) is 11.4 Å². The number of benzene rings is 1. The molecule has 6 nitrogen and oxygen atoms in total. The Morgan fingerprint density at radius 3 is 2.42 bits per heavy atom. The normalized spacial score (nSPS) is 10.5. The molecule has 1 heterocycles. The highest BCUT2D eigenvalue weighted by molar-refractivity contribution is 6.04. The fourth-order valence-corrected chi connectivity index (χ4v) is 2.12. The SMILES string of the molecule is CN(C)CCNc1cc(C(=O)Nc2ccc(N(C)C)cc2)ccn1. The summed E-state index contributed by atoms with van der Waals surface area (Å²) in [5.74, 6) is 0.554. The number of nitrogens with one attached hydrogen (secondary N) is 2. The first kappa shape index (κ1) is 17.7. The minimum Gasteiger partial charge on any atom is -0.378 e. The number of rotatable bonds is 7. The van der Waals surface area contributed by atoms with E-state index >= 15 is 0 Å². The first-order valence-electron chi connectivity index (χ1n) is 7.89. The molecule has 0 fully saturated rings. The number of amides is 1. The van der Waals surface area contributed by atoms with Crippen LogP contribution in [0.2, 0.25) is 0 Å². The van der Waals surface area contributed by atoms with Gasteiger partial charge in [0.05, 0.1) is 0 Å². The molecule has 0 aliphatic carbocycles. The number of nitrogens with zero attached hydrogens (tertiary/aromatic N) is 3. The highest BCUT2D eigenvalue weighted by atomic mass is 16.1. The van der Waals surface area contributed by atoms with E-state index in [1.807, 2.05) is 57.4 Å². The summed E-state index contributed by atoms with van der Waals surface area (Å²) in [5, 5.41) is 6.12. The molecule has 0 saturated heterocycles. The second kappa shape index (κ2) is 8.31. The predicted molar refractivity (Wildman–Crippen MR) is 100 cm³/mol. The standard InChI is InChI=1S/C18H25N5O/c1-22(2)12-11-20-17-13-14(9-10-19-17)18(24)21-15-5-7-16(8-6-15)23(3)4/h5-10,13H,11-12H2,1-4H3,(H,19,20)(H,21,24). The molecule has 0 saturated carbocycles. The number of likely N-dealkylation sites (N-methyl/N-ethyl adjacent to an activating group) is 1. The molecule has 24 heavy (non-hydrogen) atoms. The number of aromatic nitrogens is 1. The number of hydrogen-bond acceptors (Lipinski definition) is 5. The third-order valence-corrected chi connectivity index (χ3v) is 3.53. The Hall–Kier alpha value is -2.60. The van der Waals surface area contributed by atoms with Gasteiger partial charge in [-0.25, -0.2) is 4.98 Å². The van der Waals surface area contributed by atoms with Crippen molar-refractivity contribution in [1.82, 2.24) is 9.88 Å². The first-order valence-corrected chi connectivity index (χ1v) is 7.89. The molecule has 0 radical (unpaired) electrons. The van der Waals surface area contributed by atoms with Gasteiger partial charge in [-0.2, -0.15) is 0 Å². The van der Waals surface area contributed by atoms with Gasteiger partial charge in [0.2, 0.25) is 0 Å². The largest absolute Gasteiger partial charge is 0.378 e. The number of pyridine rings is 1. The van der Waals surface area contributed by atoms with Gasteiger partial charge in [-0.05, 0) is 50.5 Å². The van der Waals surface area contributed by atoms with Crippen LogP contribution in [0.1, 0.15) is 10.4 Å². The minimum absolute atomic E-state index is 0.148. The number of carbonyl (C=O) groups excluding carboxylic acids is 1. The van der Waals surface area contributed by atoms with Gasteiger partial charge in [-0.3, -0.25) is 4.79 Å². The van der Waals surface area contributed by atoms with E-state index in [1.165, 1.54) is 0 Å². The van der Waals surface area contributed by atoms with Crippen molar-refractivity contribution in [2.75, 3.05) is 56.8 Å². The Kier molecular flexibility index (Phi) is 6.14. The summed E-state index contributed by atoms with van der Waals surface area (Å²) < 4.78 is 0. The zero-order valence-corrected chi connectivity index (χ0v) is 14.7. The smallest absolute Gasteiger partial charge is 0.255 e. The van der Waals surface area contributed by atoms with Crippen LogP contribution in [0.3, 0.4) is 0 Å². The Morgan fingerprint density at radius 2 is 1.79 bits per heavy atom. The van der Waals surface area contributed by atoms with Crippen molar-refractivity contribution < 1.29 is 4.79 Å². The van der Waals surface area contributed by atoms with E-state index in [-0.39, 0.29) is 5.91 Å². The highest BCUT2D eigenvalue weighted by Gasteiger charge is 2.08. The Morgan fingerprint density at radius 1 is 1.08 bits per heavy atom. The molecular formula is C18H25N5O. The second-order valence-electron chi connectivity index (χ2n) is 6.06. The fraction of sp³-hybridized carbons (Fsp3) is 0.333. The maximum absolute atomic E-state index is 12.4. The van der Waals surface area contributed by atoms with E-state index < -0.39 is 0 Å². The zero-order chi connectivity index (χ0) is 17.5. The van der Waals surface area contributed by atoms with Gasteiger partial charge in [0.15, 0.2) is 0 Å². The molecule has 2 rings (SSSR count). The van der Waals surface area contributed by atoms with Gasteiger partial charge in [-0.1, -0.05) is 0 Å². The zero-order valence-electron chi connectivity index (χ0n) is 14.7. The van der Waals surface area contributed by atoms with Crippen molar-refractivity contribution >= 4 is 23.1 Å². The average Bonchev–Trinajstić information content (AvgIpc) is 2.55. The van der Waals surface area contributed by atoms with Crippen LogP contribution in [0.15, 0.2) is 42.6 Å². The van der Waals surface area contributed by atoms with E-state index in [0.717, 1.165) is 24.5 Å². The topological polar surface area (TPSA) is 60.5 Å². The van der Waals surface area contributed by atoms with Crippen LogP contribution < -0.4 is 15.5 Å². The lowest BCUT2D eigenvalue weighted by atomic mass is 10.2. The predicted octanol–water partition coefficient (Wildman–Crippen LogP) is 2.37. The lowest BCUT2D eigenvalue weighted by Gasteiger charge is -2.13. The lowest BCUT2D eigenvalue weighted by molar-refractivity contribution is 0.102. The van der Waals surface area contributed by atoms with Crippen molar-refractivity contribution in [3.8, 4) is 0 Å². The molecule has 1 aromatic carbocycles. The van der Waals surface area contributed by atoms with Crippen molar-refractivity contribution in [3.05, 3.63) is 48.2 Å². The monoisotopic (exact) mass is 327 g/mol. The van der Waals surface area contributed by atoms with E-state index in [9.17, 15) is 4.79 Å². The minimum atomic E-state index is -0.148. The van der Waals surface area contributed by atoms with Gasteiger partial charge in [-0.15, -0.1) is 0 Å². The quantitative estimate of drug-likeness (QED) is 0.817. The van der Waals surface area contributed by atoms with E-state index in [1.54, 1.807) is 18.3 Å². The molecule has 1 amide bonds. The van der Waals surface area contributed by atoms with Gasteiger partial charge in [0.1, 0.15) is 5.82 Å². The van der Waals surface area contributed by atoms with Crippen molar-refractivity contribution in [1.29, 1.82) is 0 Å². The molecule has 0 bridgehead atoms.